The Labute approximate surface area is 250 Å². The second-order valence-electron chi connectivity index (χ2n) is 9.80. The molecule has 0 fully saturated rings. The maximum absolute atomic E-state index is 12.3. The van der Waals surface area contributed by atoms with E-state index in [0.29, 0.717) is 6.42 Å². The van der Waals surface area contributed by atoms with Crippen LogP contribution < -0.4 is 10.1 Å². The number of carboxylic acids is 2. The van der Waals surface area contributed by atoms with Gasteiger partial charge in [-0.1, -0.05) is 87.4 Å². The molecule has 0 aliphatic carbocycles. The highest BCUT2D eigenvalue weighted by Gasteiger charge is 2.25. The summed E-state index contributed by atoms with van der Waals surface area (Å²) in [7, 11) is -4.82. The van der Waals surface area contributed by atoms with Gasteiger partial charge in [0.05, 0.1) is 5.02 Å². The van der Waals surface area contributed by atoms with E-state index in [4.69, 9.17) is 33.0 Å². The number of carboxylic acid groups (broad SMARTS) is 2. The van der Waals surface area contributed by atoms with E-state index < -0.39 is 57.0 Å². The van der Waals surface area contributed by atoms with Crippen LogP contribution in [-0.2, 0) is 29.3 Å². The Morgan fingerprint density at radius 3 is 1.73 bits per heavy atom. The van der Waals surface area contributed by atoms with Crippen LogP contribution in [0, 0.1) is 0 Å². The molecule has 0 radical (unpaired) electrons. The molecule has 1 aromatic rings. The van der Waals surface area contributed by atoms with Gasteiger partial charge in [-0.2, -0.15) is 8.42 Å². The van der Waals surface area contributed by atoms with Gasteiger partial charge < -0.3 is 20.3 Å². The molecule has 1 unspecified atom stereocenters. The number of hydrogen-bond acceptors (Lipinski definition) is 7. The topological polar surface area (TPSA) is 184 Å². The van der Waals surface area contributed by atoms with Crippen molar-refractivity contribution < 1.29 is 47.1 Å². The molecule has 0 aliphatic heterocycles. The monoisotopic (exact) mass is 639 g/mol. The molecule has 232 valence electrons. The van der Waals surface area contributed by atoms with Crippen molar-refractivity contribution in [1.82, 2.24) is 5.32 Å². The van der Waals surface area contributed by atoms with E-state index in [2.05, 4.69) is 5.32 Å². The maximum atomic E-state index is 12.3. The van der Waals surface area contributed by atoms with E-state index in [1.54, 1.807) is 0 Å². The van der Waals surface area contributed by atoms with Crippen molar-refractivity contribution in [3.8, 4) is 5.75 Å². The van der Waals surface area contributed by atoms with E-state index >= 15 is 0 Å². The lowest BCUT2D eigenvalue weighted by Gasteiger charge is -2.15. The van der Waals surface area contributed by atoms with Crippen molar-refractivity contribution in [2.24, 2.45) is 0 Å². The van der Waals surface area contributed by atoms with Crippen molar-refractivity contribution in [3.63, 3.8) is 0 Å². The Bertz CT molecular complexity index is 1130. The van der Waals surface area contributed by atoms with Gasteiger partial charge in [0.15, 0.2) is 5.75 Å². The molecule has 0 saturated heterocycles. The first kappa shape index (κ1) is 36.6. The molecule has 0 saturated carbocycles. The number of ether oxygens (including phenoxy) is 1. The van der Waals surface area contributed by atoms with Crippen LogP contribution in [0.25, 0.3) is 0 Å². The van der Waals surface area contributed by atoms with Gasteiger partial charge in [0.25, 0.3) is 10.1 Å². The molecule has 14 heteroatoms. The van der Waals surface area contributed by atoms with E-state index in [-0.39, 0.29) is 29.3 Å². The second kappa shape index (κ2) is 19.7. The number of benzene rings is 1. The number of esters is 1. The summed E-state index contributed by atoms with van der Waals surface area (Å²) in [5.74, 6) is -4.19. The molecule has 1 amide bonds. The van der Waals surface area contributed by atoms with E-state index in [9.17, 15) is 37.3 Å². The van der Waals surface area contributed by atoms with E-state index in [0.717, 1.165) is 82.8 Å². The van der Waals surface area contributed by atoms with Crippen LogP contribution in [0.4, 0.5) is 0 Å². The first-order valence-corrected chi connectivity index (χ1v) is 15.9. The molecule has 1 rings (SSSR count). The third-order valence-corrected chi connectivity index (χ3v) is 7.64. The van der Waals surface area contributed by atoms with Crippen LogP contribution in [0.3, 0.4) is 0 Å². The first-order valence-electron chi connectivity index (χ1n) is 13.7. The van der Waals surface area contributed by atoms with Crippen LogP contribution in [-0.4, -0.2) is 53.0 Å². The summed E-state index contributed by atoms with van der Waals surface area (Å²) in [6, 6.07) is 0.607. The smallest absolute Gasteiger partial charge is 0.326 e. The van der Waals surface area contributed by atoms with Crippen LogP contribution in [0.2, 0.25) is 10.0 Å². The van der Waals surface area contributed by atoms with Crippen molar-refractivity contribution >= 4 is 57.1 Å². The van der Waals surface area contributed by atoms with E-state index in [1.807, 2.05) is 0 Å². The Morgan fingerprint density at radius 1 is 0.780 bits per heavy atom. The summed E-state index contributed by atoms with van der Waals surface area (Å²) in [6.07, 6.45) is 11.5. The van der Waals surface area contributed by atoms with Gasteiger partial charge in [-0.15, -0.1) is 0 Å². The quantitative estimate of drug-likeness (QED) is 0.0504. The highest BCUT2D eigenvalue weighted by atomic mass is 35.5. The summed E-state index contributed by atoms with van der Waals surface area (Å²) >= 11 is 11.6. The maximum Gasteiger partial charge on any atom is 0.326 e. The zero-order valence-corrected chi connectivity index (χ0v) is 25.2. The molecule has 0 bridgehead atoms. The fourth-order valence-corrected chi connectivity index (χ4v) is 5.42. The van der Waals surface area contributed by atoms with Gasteiger partial charge in [0.2, 0.25) is 5.91 Å². The van der Waals surface area contributed by atoms with Crippen molar-refractivity contribution in [2.75, 3.05) is 0 Å². The standard InChI is InChI=1S/C27H39Cl2NO10S/c28-19-17-20(29)26(22(18-19)41(37,38)39)40-25(34)16-15-21(27(35)36)30-23(31)13-11-9-7-5-3-1-2-4-6-8-10-12-14-24(32)33/h17-18,21H,1-16H2,(H,30,31)(H,32,33)(H,35,36)(H,37,38,39). The highest BCUT2D eigenvalue weighted by molar-refractivity contribution is 7.86. The summed E-state index contributed by atoms with van der Waals surface area (Å²) in [6.45, 7) is 0. The van der Waals surface area contributed by atoms with Crippen molar-refractivity contribution in [2.45, 2.75) is 114 Å². The zero-order valence-electron chi connectivity index (χ0n) is 22.9. The molecular formula is C27H39Cl2NO10S. The summed E-state index contributed by atoms with van der Waals surface area (Å²) < 4.78 is 37.5. The Morgan fingerprint density at radius 2 is 1.27 bits per heavy atom. The number of rotatable bonds is 22. The number of hydrogen-bond donors (Lipinski definition) is 4. The average Bonchev–Trinajstić information content (AvgIpc) is 2.87. The molecule has 1 atom stereocenters. The third kappa shape index (κ3) is 16.6. The van der Waals surface area contributed by atoms with Gasteiger partial charge in [0.1, 0.15) is 10.9 Å². The largest absolute Gasteiger partial charge is 0.481 e. The number of halogens is 2. The molecule has 0 aromatic heterocycles. The number of carbonyl (C=O) groups excluding carboxylic acids is 2. The Kier molecular flexibility index (Phi) is 17.6. The lowest BCUT2D eigenvalue weighted by atomic mass is 10.0. The van der Waals surface area contributed by atoms with Crippen LogP contribution in [0.5, 0.6) is 5.75 Å². The van der Waals surface area contributed by atoms with Gasteiger partial charge >= 0.3 is 17.9 Å². The Hall–Kier alpha value is -2.41. The minimum atomic E-state index is -4.82. The SMILES string of the molecule is O=C(O)CCCCCCCCCCCCCCC(=O)NC(CCC(=O)Oc1c(Cl)cc(Cl)cc1S(=O)(=O)O)C(=O)O. The fourth-order valence-electron chi connectivity index (χ4n) is 4.11. The summed E-state index contributed by atoms with van der Waals surface area (Å²) in [5, 5.41) is 19.9. The van der Waals surface area contributed by atoms with Gasteiger partial charge in [0, 0.05) is 24.3 Å². The fraction of sp³-hybridized carbons (Fsp3) is 0.630. The first-order chi connectivity index (χ1) is 19.3. The molecule has 4 N–H and O–H groups in total. The molecule has 0 heterocycles. The normalized spacial score (nSPS) is 12.1. The zero-order chi connectivity index (χ0) is 30.8. The number of aliphatic carboxylic acids is 2. The predicted molar refractivity (Wildman–Crippen MR) is 153 cm³/mol. The average molecular weight is 641 g/mol. The van der Waals surface area contributed by atoms with Gasteiger partial charge in [-0.25, -0.2) is 4.79 Å². The summed E-state index contributed by atoms with van der Waals surface area (Å²) in [4.78, 5) is 45.7. The Balaban J connectivity index is 2.27. The highest BCUT2D eigenvalue weighted by Crippen LogP contribution is 2.35. The molecule has 41 heavy (non-hydrogen) atoms. The van der Waals surface area contributed by atoms with Crippen LogP contribution >= 0.6 is 23.2 Å². The third-order valence-electron chi connectivity index (χ3n) is 6.28. The molecule has 0 aliphatic rings. The minimum absolute atomic E-state index is 0.120. The molecule has 11 nitrogen and oxygen atoms in total. The lowest BCUT2D eigenvalue weighted by molar-refractivity contribution is -0.142. The number of nitrogens with one attached hydrogen (secondary N) is 1. The lowest BCUT2D eigenvalue weighted by Crippen LogP contribution is -2.41. The van der Waals surface area contributed by atoms with E-state index in [1.165, 1.54) is 0 Å². The van der Waals surface area contributed by atoms with Gasteiger partial charge in [-0.05, 0) is 31.4 Å². The van der Waals surface area contributed by atoms with Crippen molar-refractivity contribution in [3.05, 3.63) is 22.2 Å². The number of unbranched alkanes of at least 4 members (excludes halogenated alkanes) is 11. The van der Waals surface area contributed by atoms with Crippen LogP contribution in [0.15, 0.2) is 17.0 Å². The van der Waals surface area contributed by atoms with Crippen molar-refractivity contribution in [1.29, 1.82) is 0 Å². The number of carbonyl (C=O) groups is 4. The predicted octanol–water partition coefficient (Wildman–Crippen LogP) is 6.04. The molecular weight excluding hydrogens is 601 g/mol. The van der Waals surface area contributed by atoms with Gasteiger partial charge in [-0.3, -0.25) is 18.9 Å². The van der Waals surface area contributed by atoms with Crippen LogP contribution in [0.1, 0.15) is 103 Å². The minimum Gasteiger partial charge on any atom is -0.481 e. The summed E-state index contributed by atoms with van der Waals surface area (Å²) in [5.41, 5.74) is 0. The second-order valence-corrected chi connectivity index (χ2v) is 12.0. The molecule has 1 aromatic carbocycles. The number of amides is 1. The molecule has 0 spiro atoms.